The molecule has 1 aliphatic carbocycles. The molecule has 1 rings (SSSR count). The maximum absolute atomic E-state index is 10.3. The third kappa shape index (κ3) is 2.73. The molecule has 1 fully saturated rings. The van der Waals surface area contributed by atoms with Crippen molar-refractivity contribution in [3.05, 3.63) is 0 Å². The van der Waals surface area contributed by atoms with Crippen molar-refractivity contribution in [3.63, 3.8) is 0 Å². The standard InChI is InChI=1S/C8H14O2S/c9-8(10)5-7(11)6-3-1-2-4-6/h6-7,11H,1-5H2,(H,9,10). The molecule has 1 atom stereocenters. The molecule has 0 saturated heterocycles. The van der Waals surface area contributed by atoms with Crippen molar-refractivity contribution in [2.45, 2.75) is 37.4 Å². The minimum Gasteiger partial charge on any atom is -0.481 e. The van der Waals surface area contributed by atoms with Gasteiger partial charge < -0.3 is 5.11 Å². The summed E-state index contributed by atoms with van der Waals surface area (Å²) < 4.78 is 0. The third-order valence-electron chi connectivity index (χ3n) is 2.33. The van der Waals surface area contributed by atoms with E-state index in [1.807, 2.05) is 0 Å². The lowest BCUT2D eigenvalue weighted by atomic mass is 10.0. The Balaban J connectivity index is 2.28. The van der Waals surface area contributed by atoms with E-state index in [0.29, 0.717) is 5.92 Å². The number of carbonyl (C=O) groups is 1. The number of aliphatic carboxylic acids is 1. The molecule has 1 saturated carbocycles. The zero-order chi connectivity index (χ0) is 8.27. The van der Waals surface area contributed by atoms with Gasteiger partial charge in [0.15, 0.2) is 0 Å². The van der Waals surface area contributed by atoms with E-state index in [-0.39, 0.29) is 11.7 Å². The maximum atomic E-state index is 10.3. The van der Waals surface area contributed by atoms with E-state index in [9.17, 15) is 4.79 Å². The first-order chi connectivity index (χ1) is 5.20. The Morgan fingerprint density at radius 3 is 2.55 bits per heavy atom. The Morgan fingerprint density at radius 2 is 2.09 bits per heavy atom. The SMILES string of the molecule is O=C(O)CC(S)C1CCCC1. The van der Waals surface area contributed by atoms with Crippen molar-refractivity contribution in [1.29, 1.82) is 0 Å². The van der Waals surface area contributed by atoms with Gasteiger partial charge in [-0.05, 0) is 18.8 Å². The number of carboxylic acids is 1. The van der Waals surface area contributed by atoms with Crippen LogP contribution in [0.4, 0.5) is 0 Å². The van der Waals surface area contributed by atoms with Crippen LogP contribution in [0.2, 0.25) is 0 Å². The molecule has 2 nitrogen and oxygen atoms in total. The van der Waals surface area contributed by atoms with Gasteiger partial charge in [-0.15, -0.1) is 0 Å². The number of thiol groups is 1. The molecule has 1 N–H and O–H groups in total. The second kappa shape index (κ2) is 4.00. The third-order valence-corrected chi connectivity index (χ3v) is 2.93. The van der Waals surface area contributed by atoms with Gasteiger partial charge >= 0.3 is 5.97 Å². The highest BCUT2D eigenvalue weighted by Gasteiger charge is 2.23. The zero-order valence-electron chi connectivity index (χ0n) is 6.49. The molecule has 64 valence electrons. The smallest absolute Gasteiger partial charge is 0.304 e. The van der Waals surface area contributed by atoms with Gasteiger partial charge in [-0.1, -0.05) is 12.8 Å². The van der Waals surface area contributed by atoms with E-state index in [2.05, 4.69) is 12.6 Å². The van der Waals surface area contributed by atoms with Crippen LogP contribution in [-0.4, -0.2) is 16.3 Å². The summed E-state index contributed by atoms with van der Waals surface area (Å²) in [4.78, 5) is 10.3. The Hall–Kier alpha value is -0.180. The summed E-state index contributed by atoms with van der Waals surface area (Å²) >= 11 is 4.28. The molecule has 1 aliphatic rings. The van der Waals surface area contributed by atoms with Crippen LogP contribution in [0.25, 0.3) is 0 Å². The predicted molar refractivity (Wildman–Crippen MR) is 47.0 cm³/mol. The monoisotopic (exact) mass is 174 g/mol. The lowest BCUT2D eigenvalue weighted by Crippen LogP contribution is -2.15. The van der Waals surface area contributed by atoms with Crippen LogP contribution in [-0.2, 0) is 4.79 Å². The van der Waals surface area contributed by atoms with E-state index in [1.54, 1.807) is 0 Å². The van der Waals surface area contributed by atoms with E-state index < -0.39 is 5.97 Å². The Morgan fingerprint density at radius 1 is 1.55 bits per heavy atom. The van der Waals surface area contributed by atoms with Gasteiger partial charge in [0, 0.05) is 5.25 Å². The number of rotatable bonds is 3. The van der Waals surface area contributed by atoms with Crippen LogP contribution in [0.1, 0.15) is 32.1 Å². The highest BCUT2D eigenvalue weighted by atomic mass is 32.1. The molecule has 0 aromatic carbocycles. The van der Waals surface area contributed by atoms with Crippen LogP contribution >= 0.6 is 12.6 Å². The van der Waals surface area contributed by atoms with Gasteiger partial charge in [0.1, 0.15) is 0 Å². The molecular formula is C8H14O2S. The summed E-state index contributed by atoms with van der Waals surface area (Å²) in [6.07, 6.45) is 5.05. The topological polar surface area (TPSA) is 37.3 Å². The fourth-order valence-corrected chi connectivity index (χ4v) is 2.14. The first kappa shape index (κ1) is 8.91. The summed E-state index contributed by atoms with van der Waals surface area (Å²) in [6.45, 7) is 0. The van der Waals surface area contributed by atoms with Crippen molar-refractivity contribution in [1.82, 2.24) is 0 Å². The first-order valence-corrected chi connectivity index (χ1v) is 4.61. The number of carboxylic acid groups (broad SMARTS) is 1. The molecule has 0 spiro atoms. The van der Waals surface area contributed by atoms with Gasteiger partial charge in [-0.25, -0.2) is 0 Å². The summed E-state index contributed by atoms with van der Waals surface area (Å²) in [5.74, 6) is -0.175. The Labute approximate surface area is 72.4 Å². The molecule has 11 heavy (non-hydrogen) atoms. The molecule has 0 amide bonds. The fourth-order valence-electron chi connectivity index (χ4n) is 1.69. The fraction of sp³-hybridized carbons (Fsp3) is 0.875. The second-order valence-electron chi connectivity index (χ2n) is 3.21. The Bertz CT molecular complexity index is 141. The van der Waals surface area contributed by atoms with Gasteiger partial charge in [-0.2, -0.15) is 12.6 Å². The molecule has 3 heteroatoms. The van der Waals surface area contributed by atoms with Crippen LogP contribution in [0.3, 0.4) is 0 Å². The minimum absolute atomic E-state index is 0.0787. The molecule has 0 aromatic heterocycles. The number of hydrogen-bond donors (Lipinski definition) is 2. The highest BCUT2D eigenvalue weighted by molar-refractivity contribution is 7.81. The van der Waals surface area contributed by atoms with E-state index in [0.717, 1.165) is 0 Å². The predicted octanol–water partition coefficient (Wildman–Crippen LogP) is 1.95. The van der Waals surface area contributed by atoms with Crippen LogP contribution in [0.15, 0.2) is 0 Å². The normalized spacial score (nSPS) is 21.9. The van der Waals surface area contributed by atoms with Crippen LogP contribution < -0.4 is 0 Å². The van der Waals surface area contributed by atoms with Crippen molar-refractivity contribution in [2.24, 2.45) is 5.92 Å². The summed E-state index contributed by atoms with van der Waals surface area (Å²) in [5, 5.41) is 8.57. The molecule has 0 aliphatic heterocycles. The van der Waals surface area contributed by atoms with Crippen LogP contribution in [0, 0.1) is 5.92 Å². The lowest BCUT2D eigenvalue weighted by Gasteiger charge is -2.14. The van der Waals surface area contributed by atoms with Crippen molar-refractivity contribution in [3.8, 4) is 0 Å². The zero-order valence-corrected chi connectivity index (χ0v) is 7.39. The molecule has 0 heterocycles. The second-order valence-corrected chi connectivity index (χ2v) is 3.87. The number of hydrogen-bond acceptors (Lipinski definition) is 2. The average Bonchev–Trinajstić information content (AvgIpc) is 2.35. The van der Waals surface area contributed by atoms with Crippen LogP contribution in [0.5, 0.6) is 0 Å². The van der Waals surface area contributed by atoms with Crippen molar-refractivity contribution in [2.75, 3.05) is 0 Å². The molecule has 1 unspecified atom stereocenters. The molecule has 0 bridgehead atoms. The quantitative estimate of drug-likeness (QED) is 0.642. The maximum Gasteiger partial charge on any atom is 0.304 e. The Kier molecular flexibility index (Phi) is 3.24. The van der Waals surface area contributed by atoms with Crippen molar-refractivity contribution >= 4 is 18.6 Å². The summed E-state index contributed by atoms with van der Waals surface area (Å²) in [7, 11) is 0. The molecular weight excluding hydrogens is 160 g/mol. The largest absolute Gasteiger partial charge is 0.481 e. The van der Waals surface area contributed by atoms with Gasteiger partial charge in [0.25, 0.3) is 0 Å². The minimum atomic E-state index is -0.725. The molecule has 0 aromatic rings. The summed E-state index contributed by atoms with van der Waals surface area (Å²) in [5.41, 5.74) is 0. The van der Waals surface area contributed by atoms with E-state index >= 15 is 0 Å². The average molecular weight is 174 g/mol. The van der Waals surface area contributed by atoms with E-state index in [4.69, 9.17) is 5.11 Å². The van der Waals surface area contributed by atoms with Crippen molar-refractivity contribution < 1.29 is 9.90 Å². The highest BCUT2D eigenvalue weighted by Crippen LogP contribution is 2.31. The molecule has 0 radical (unpaired) electrons. The van der Waals surface area contributed by atoms with E-state index in [1.165, 1.54) is 25.7 Å². The van der Waals surface area contributed by atoms with Gasteiger partial charge in [-0.3, -0.25) is 4.79 Å². The lowest BCUT2D eigenvalue weighted by molar-refractivity contribution is -0.137. The first-order valence-electron chi connectivity index (χ1n) is 4.10. The van der Waals surface area contributed by atoms with Gasteiger partial charge in [0.05, 0.1) is 6.42 Å². The van der Waals surface area contributed by atoms with Gasteiger partial charge in [0.2, 0.25) is 0 Å². The summed E-state index contributed by atoms with van der Waals surface area (Å²) in [6, 6.07) is 0.